The summed E-state index contributed by atoms with van der Waals surface area (Å²) in [6.45, 7) is 9.81. The average molecular weight is 220 g/mol. The predicted molar refractivity (Wildman–Crippen MR) is 69.5 cm³/mol. The van der Waals surface area contributed by atoms with Crippen molar-refractivity contribution in [3.05, 3.63) is 29.6 Å². The molecule has 0 aromatic carbocycles. The first-order valence-corrected chi connectivity index (χ1v) is 6.35. The van der Waals surface area contributed by atoms with Crippen LogP contribution in [-0.4, -0.2) is 11.5 Å². The zero-order valence-corrected chi connectivity index (χ0v) is 11.0. The van der Waals surface area contributed by atoms with Crippen LogP contribution in [0.15, 0.2) is 18.3 Å². The van der Waals surface area contributed by atoms with Gasteiger partial charge in [0.1, 0.15) is 0 Å². The van der Waals surface area contributed by atoms with Gasteiger partial charge < -0.3 is 5.32 Å². The van der Waals surface area contributed by atoms with Crippen LogP contribution in [0.4, 0.5) is 0 Å². The number of hydrogen-bond donors (Lipinski definition) is 1. The molecule has 90 valence electrons. The fourth-order valence-electron chi connectivity index (χ4n) is 2.25. The fourth-order valence-corrected chi connectivity index (χ4v) is 2.25. The van der Waals surface area contributed by atoms with Crippen molar-refractivity contribution in [2.75, 3.05) is 6.54 Å². The molecule has 16 heavy (non-hydrogen) atoms. The van der Waals surface area contributed by atoms with Crippen LogP contribution in [-0.2, 0) is 0 Å². The Morgan fingerprint density at radius 2 is 2.12 bits per heavy atom. The van der Waals surface area contributed by atoms with E-state index in [4.69, 9.17) is 0 Å². The normalized spacial score (nSPS) is 14.8. The van der Waals surface area contributed by atoms with E-state index in [1.807, 2.05) is 6.20 Å². The van der Waals surface area contributed by atoms with Gasteiger partial charge in [-0.1, -0.05) is 27.2 Å². The Balaban J connectivity index is 2.83. The first kappa shape index (κ1) is 13.2. The van der Waals surface area contributed by atoms with Crippen LogP contribution < -0.4 is 5.32 Å². The van der Waals surface area contributed by atoms with Gasteiger partial charge in [-0.2, -0.15) is 0 Å². The Morgan fingerprint density at radius 3 is 2.69 bits per heavy atom. The van der Waals surface area contributed by atoms with Crippen LogP contribution in [0.2, 0.25) is 0 Å². The summed E-state index contributed by atoms with van der Waals surface area (Å²) < 4.78 is 0. The third-order valence-corrected chi connectivity index (χ3v) is 3.02. The number of aryl methyl sites for hydroxylation is 1. The van der Waals surface area contributed by atoms with Crippen molar-refractivity contribution in [1.82, 2.24) is 10.3 Å². The van der Waals surface area contributed by atoms with Gasteiger partial charge in [-0.15, -0.1) is 0 Å². The third kappa shape index (κ3) is 3.60. The molecule has 1 rings (SSSR count). The molecule has 0 radical (unpaired) electrons. The summed E-state index contributed by atoms with van der Waals surface area (Å²) in [6.07, 6.45) is 4.42. The molecule has 0 saturated carbocycles. The van der Waals surface area contributed by atoms with Crippen LogP contribution in [0.25, 0.3) is 0 Å². The minimum absolute atomic E-state index is 0.464. The minimum atomic E-state index is 0.464. The minimum Gasteiger partial charge on any atom is -0.310 e. The Kier molecular flexibility index (Phi) is 5.47. The summed E-state index contributed by atoms with van der Waals surface area (Å²) in [6, 6.07) is 4.79. The van der Waals surface area contributed by atoms with E-state index in [1.165, 1.54) is 18.4 Å². The molecule has 0 amide bonds. The summed E-state index contributed by atoms with van der Waals surface area (Å²) in [5, 5.41) is 3.58. The quantitative estimate of drug-likeness (QED) is 0.794. The number of rotatable bonds is 6. The van der Waals surface area contributed by atoms with E-state index in [0.29, 0.717) is 12.0 Å². The van der Waals surface area contributed by atoms with Gasteiger partial charge in [0.25, 0.3) is 0 Å². The summed E-state index contributed by atoms with van der Waals surface area (Å²) in [5.74, 6) is 0.673. The molecule has 2 nitrogen and oxygen atoms in total. The van der Waals surface area contributed by atoms with Gasteiger partial charge in [0.15, 0.2) is 0 Å². The second-order valence-electron chi connectivity index (χ2n) is 4.53. The molecule has 0 aliphatic heterocycles. The highest BCUT2D eigenvalue weighted by molar-refractivity contribution is 5.20. The van der Waals surface area contributed by atoms with Gasteiger partial charge in [0.05, 0.1) is 0 Å². The maximum atomic E-state index is 4.26. The highest BCUT2D eigenvalue weighted by Gasteiger charge is 2.17. The number of pyridine rings is 1. The number of aromatic nitrogens is 1. The predicted octanol–water partition coefficient (Wildman–Crippen LogP) is 3.48. The van der Waals surface area contributed by atoms with Gasteiger partial charge in [0, 0.05) is 17.9 Å². The van der Waals surface area contributed by atoms with Gasteiger partial charge in [-0.3, -0.25) is 4.98 Å². The van der Waals surface area contributed by atoms with Crippen molar-refractivity contribution in [1.29, 1.82) is 0 Å². The topological polar surface area (TPSA) is 24.9 Å². The number of hydrogen-bond acceptors (Lipinski definition) is 2. The van der Waals surface area contributed by atoms with Gasteiger partial charge in [-0.25, -0.2) is 0 Å². The smallest absolute Gasteiger partial charge is 0.0375 e. The summed E-state index contributed by atoms with van der Waals surface area (Å²) in [4.78, 5) is 4.26. The number of nitrogens with one attached hydrogen (secondary N) is 1. The molecule has 0 saturated heterocycles. The van der Waals surface area contributed by atoms with E-state index in [2.05, 4.69) is 50.1 Å². The molecule has 2 atom stereocenters. The van der Waals surface area contributed by atoms with E-state index in [1.54, 1.807) is 0 Å². The second-order valence-corrected chi connectivity index (χ2v) is 4.53. The lowest BCUT2D eigenvalue weighted by Crippen LogP contribution is -2.26. The van der Waals surface area contributed by atoms with Crippen LogP contribution in [0.5, 0.6) is 0 Å². The Hall–Kier alpha value is -0.890. The van der Waals surface area contributed by atoms with Crippen LogP contribution in [0, 0.1) is 12.8 Å². The van der Waals surface area contributed by atoms with E-state index in [9.17, 15) is 0 Å². The lowest BCUT2D eigenvalue weighted by atomic mass is 9.91. The Bertz CT molecular complexity index is 309. The molecule has 0 aliphatic rings. The van der Waals surface area contributed by atoms with E-state index >= 15 is 0 Å². The highest BCUT2D eigenvalue weighted by atomic mass is 14.9. The summed E-state index contributed by atoms with van der Waals surface area (Å²) in [7, 11) is 0. The van der Waals surface area contributed by atoms with E-state index in [0.717, 1.165) is 12.2 Å². The van der Waals surface area contributed by atoms with E-state index in [-0.39, 0.29) is 0 Å². The largest absolute Gasteiger partial charge is 0.310 e. The highest BCUT2D eigenvalue weighted by Crippen LogP contribution is 2.25. The van der Waals surface area contributed by atoms with Crippen LogP contribution in [0.3, 0.4) is 0 Å². The molecule has 2 unspecified atom stereocenters. The zero-order chi connectivity index (χ0) is 12.0. The molecule has 1 heterocycles. The van der Waals surface area contributed by atoms with Crippen molar-refractivity contribution >= 4 is 0 Å². The van der Waals surface area contributed by atoms with Gasteiger partial charge in [0.2, 0.25) is 0 Å². The van der Waals surface area contributed by atoms with Crippen molar-refractivity contribution < 1.29 is 0 Å². The Labute approximate surface area is 99.5 Å². The first-order chi connectivity index (χ1) is 7.69. The summed E-state index contributed by atoms with van der Waals surface area (Å²) in [5.41, 5.74) is 2.47. The van der Waals surface area contributed by atoms with Crippen molar-refractivity contribution in [2.45, 2.75) is 46.6 Å². The van der Waals surface area contributed by atoms with Crippen molar-refractivity contribution in [2.24, 2.45) is 5.92 Å². The van der Waals surface area contributed by atoms with E-state index < -0.39 is 0 Å². The van der Waals surface area contributed by atoms with Gasteiger partial charge >= 0.3 is 0 Å². The molecular weight excluding hydrogens is 196 g/mol. The lowest BCUT2D eigenvalue weighted by molar-refractivity contribution is 0.369. The SMILES string of the molecule is CCCC(C)C(NCC)c1ccnc(C)c1. The monoisotopic (exact) mass is 220 g/mol. The fraction of sp³-hybridized carbons (Fsp3) is 0.643. The standard InChI is InChI=1S/C14H24N2/c1-5-7-11(3)14(15-6-2)13-8-9-16-12(4)10-13/h8-11,14-15H,5-7H2,1-4H3. The molecule has 0 bridgehead atoms. The van der Waals surface area contributed by atoms with Gasteiger partial charge in [-0.05, 0) is 43.5 Å². The van der Waals surface area contributed by atoms with Crippen LogP contribution in [0.1, 0.15) is 50.9 Å². The van der Waals surface area contributed by atoms with Crippen molar-refractivity contribution in [3.8, 4) is 0 Å². The molecule has 1 aromatic heterocycles. The maximum Gasteiger partial charge on any atom is 0.0375 e. The lowest BCUT2D eigenvalue weighted by Gasteiger charge is -2.25. The number of nitrogens with zero attached hydrogens (tertiary/aromatic N) is 1. The maximum absolute atomic E-state index is 4.26. The first-order valence-electron chi connectivity index (χ1n) is 6.35. The second kappa shape index (κ2) is 6.64. The summed E-state index contributed by atoms with van der Waals surface area (Å²) >= 11 is 0. The molecule has 0 spiro atoms. The molecule has 1 aromatic rings. The average Bonchev–Trinajstić information content (AvgIpc) is 2.26. The van der Waals surface area contributed by atoms with Crippen LogP contribution >= 0.6 is 0 Å². The zero-order valence-electron chi connectivity index (χ0n) is 11.0. The molecule has 2 heteroatoms. The van der Waals surface area contributed by atoms with Crippen molar-refractivity contribution in [3.63, 3.8) is 0 Å². The molecular formula is C14H24N2. The molecule has 1 N–H and O–H groups in total. The third-order valence-electron chi connectivity index (χ3n) is 3.02. The Morgan fingerprint density at radius 1 is 1.38 bits per heavy atom. The molecule has 0 aliphatic carbocycles. The molecule has 0 fully saturated rings.